The highest BCUT2D eigenvalue weighted by molar-refractivity contribution is 6.04. The number of Topliss-reactive ketones (excluding diaryl/α,β-unsaturated/α-hetero) is 1. The summed E-state index contributed by atoms with van der Waals surface area (Å²) in [5.41, 5.74) is 2.63. The van der Waals surface area contributed by atoms with E-state index < -0.39 is 12.0 Å². The van der Waals surface area contributed by atoms with Gasteiger partial charge in [-0.15, -0.1) is 0 Å². The quantitative estimate of drug-likeness (QED) is 0.582. The maximum atomic E-state index is 12.9. The molecule has 0 saturated heterocycles. The number of ketones is 1. The third-order valence-corrected chi connectivity index (χ3v) is 4.25. The van der Waals surface area contributed by atoms with Gasteiger partial charge in [0.15, 0.2) is 0 Å². The van der Waals surface area contributed by atoms with Crippen molar-refractivity contribution < 1.29 is 23.8 Å². The molecule has 1 aromatic heterocycles. The second-order valence-electron chi connectivity index (χ2n) is 5.91. The van der Waals surface area contributed by atoms with Crippen LogP contribution in [0, 0.1) is 13.8 Å². The van der Waals surface area contributed by atoms with Gasteiger partial charge in [0.1, 0.15) is 11.5 Å². The third-order valence-electron chi connectivity index (χ3n) is 4.25. The molecule has 140 valence electrons. The van der Waals surface area contributed by atoms with Crippen LogP contribution in [0.15, 0.2) is 18.2 Å². The van der Waals surface area contributed by atoms with Gasteiger partial charge in [-0.25, -0.2) is 4.79 Å². The normalized spacial score (nSPS) is 11.6. The number of aryl methyl sites for hydroxylation is 1. The molecular weight excluding hydrogens is 336 g/mol. The Morgan fingerprint density at radius 1 is 1.12 bits per heavy atom. The van der Waals surface area contributed by atoms with Crippen molar-refractivity contribution in [3.8, 4) is 11.5 Å². The van der Waals surface area contributed by atoms with Crippen molar-refractivity contribution in [1.29, 1.82) is 0 Å². The van der Waals surface area contributed by atoms with Crippen LogP contribution in [-0.4, -0.2) is 44.1 Å². The number of nitrogens with one attached hydrogen (secondary N) is 2. The average molecular weight is 360 g/mol. The van der Waals surface area contributed by atoms with Crippen molar-refractivity contribution >= 4 is 17.4 Å². The Morgan fingerprint density at radius 3 is 2.38 bits per heavy atom. The summed E-state index contributed by atoms with van der Waals surface area (Å²) in [6.07, 6.45) is 0. The number of H-pyrrole nitrogens is 1. The summed E-state index contributed by atoms with van der Waals surface area (Å²) in [6, 6.07) is 4.76. The second kappa shape index (κ2) is 7.95. The lowest BCUT2D eigenvalue weighted by molar-refractivity contribution is 0.0599. The molecule has 2 N–H and O–H groups in total. The number of benzene rings is 1. The Hall–Kier alpha value is -2.96. The van der Waals surface area contributed by atoms with Crippen LogP contribution in [0.3, 0.4) is 0 Å². The van der Waals surface area contributed by atoms with E-state index in [1.54, 1.807) is 53.2 Å². The highest BCUT2D eigenvalue weighted by Crippen LogP contribution is 2.30. The van der Waals surface area contributed by atoms with Crippen LogP contribution in [-0.2, 0) is 4.74 Å². The summed E-state index contributed by atoms with van der Waals surface area (Å²) in [4.78, 5) is 27.8. The van der Waals surface area contributed by atoms with Crippen LogP contribution in [0.4, 0.5) is 5.69 Å². The average Bonchev–Trinajstić information content (AvgIpc) is 2.94. The number of carbonyl (C=O) groups excluding carboxylic acids is 2. The molecule has 2 rings (SSSR count). The van der Waals surface area contributed by atoms with E-state index in [-0.39, 0.29) is 5.78 Å². The van der Waals surface area contributed by atoms with Gasteiger partial charge in [-0.05, 0) is 38.5 Å². The van der Waals surface area contributed by atoms with Crippen molar-refractivity contribution in [2.24, 2.45) is 0 Å². The minimum absolute atomic E-state index is 0.168. The lowest BCUT2D eigenvalue weighted by Gasteiger charge is -2.17. The molecule has 1 atom stereocenters. The number of carbonyl (C=O) groups is 2. The number of anilines is 1. The van der Waals surface area contributed by atoms with E-state index in [0.29, 0.717) is 39.7 Å². The molecule has 0 spiro atoms. The van der Waals surface area contributed by atoms with E-state index in [2.05, 4.69) is 10.3 Å². The van der Waals surface area contributed by atoms with Gasteiger partial charge in [-0.1, -0.05) is 0 Å². The highest BCUT2D eigenvalue weighted by Gasteiger charge is 2.25. The molecule has 0 aliphatic rings. The molecule has 1 heterocycles. The molecule has 0 bridgehead atoms. The molecule has 0 unspecified atom stereocenters. The van der Waals surface area contributed by atoms with Crippen molar-refractivity contribution in [2.75, 3.05) is 26.6 Å². The van der Waals surface area contributed by atoms with Gasteiger partial charge in [0.2, 0.25) is 5.78 Å². The maximum Gasteiger partial charge on any atom is 0.339 e. The molecule has 0 radical (unpaired) electrons. The molecule has 1 aromatic carbocycles. The zero-order valence-electron chi connectivity index (χ0n) is 15.9. The first-order valence-corrected chi connectivity index (χ1v) is 8.14. The lowest BCUT2D eigenvalue weighted by atomic mass is 10.0. The Bertz CT molecular complexity index is 826. The van der Waals surface area contributed by atoms with E-state index in [1.807, 2.05) is 0 Å². The summed E-state index contributed by atoms with van der Waals surface area (Å²) >= 11 is 0. The summed E-state index contributed by atoms with van der Waals surface area (Å²) in [5, 5.41) is 3.14. The Kier molecular flexibility index (Phi) is 5.92. The molecular formula is C19H24N2O5. The van der Waals surface area contributed by atoms with Crippen molar-refractivity contribution in [3.05, 3.63) is 40.7 Å². The van der Waals surface area contributed by atoms with Gasteiger partial charge in [0.25, 0.3) is 0 Å². The zero-order chi connectivity index (χ0) is 19.4. The maximum absolute atomic E-state index is 12.9. The molecule has 0 aliphatic carbocycles. The van der Waals surface area contributed by atoms with Gasteiger partial charge in [-0.3, -0.25) is 4.79 Å². The van der Waals surface area contributed by atoms with Crippen LogP contribution < -0.4 is 14.8 Å². The molecule has 7 nitrogen and oxygen atoms in total. The molecule has 2 aromatic rings. The van der Waals surface area contributed by atoms with Crippen molar-refractivity contribution in [3.63, 3.8) is 0 Å². The Morgan fingerprint density at radius 2 is 1.81 bits per heavy atom. The van der Waals surface area contributed by atoms with E-state index in [1.165, 1.54) is 7.11 Å². The minimum Gasteiger partial charge on any atom is -0.497 e. The predicted octanol–water partition coefficient (Wildman–Crippen LogP) is 3.12. The van der Waals surface area contributed by atoms with Crippen LogP contribution in [0.25, 0.3) is 0 Å². The molecule has 0 saturated carbocycles. The van der Waals surface area contributed by atoms with E-state index in [9.17, 15) is 9.59 Å². The molecule has 26 heavy (non-hydrogen) atoms. The van der Waals surface area contributed by atoms with Crippen LogP contribution in [0.5, 0.6) is 11.5 Å². The van der Waals surface area contributed by atoms with Gasteiger partial charge in [0, 0.05) is 11.8 Å². The lowest BCUT2D eigenvalue weighted by Crippen LogP contribution is -2.27. The van der Waals surface area contributed by atoms with Gasteiger partial charge in [-0.2, -0.15) is 0 Å². The monoisotopic (exact) mass is 360 g/mol. The van der Waals surface area contributed by atoms with Crippen LogP contribution in [0.2, 0.25) is 0 Å². The second-order valence-corrected chi connectivity index (χ2v) is 5.91. The number of rotatable bonds is 7. The third kappa shape index (κ3) is 3.66. The van der Waals surface area contributed by atoms with Crippen molar-refractivity contribution in [1.82, 2.24) is 4.98 Å². The number of esters is 1. The van der Waals surface area contributed by atoms with Gasteiger partial charge >= 0.3 is 5.97 Å². The number of hydrogen-bond acceptors (Lipinski definition) is 6. The minimum atomic E-state index is -0.542. The first-order valence-electron chi connectivity index (χ1n) is 8.14. The Balaban J connectivity index is 2.27. The number of methoxy groups -OCH3 is 3. The first-order chi connectivity index (χ1) is 12.3. The SMILES string of the molecule is COC(=O)c1c(C)[nH]c(C(=O)[C@@H](C)Nc2ccc(OC)cc2OC)c1C. The van der Waals surface area contributed by atoms with Crippen molar-refractivity contribution in [2.45, 2.75) is 26.8 Å². The fraction of sp³-hybridized carbons (Fsp3) is 0.368. The number of hydrogen-bond donors (Lipinski definition) is 2. The van der Waals surface area contributed by atoms with Crippen LogP contribution >= 0.6 is 0 Å². The molecule has 0 amide bonds. The molecule has 0 aliphatic heterocycles. The summed E-state index contributed by atoms with van der Waals surface area (Å²) in [5.74, 6) is 0.593. The predicted molar refractivity (Wildman–Crippen MR) is 98.6 cm³/mol. The largest absolute Gasteiger partial charge is 0.497 e. The van der Waals surface area contributed by atoms with E-state index >= 15 is 0 Å². The standard InChI is InChI=1S/C19H24N2O5/c1-10-16(19(23)26-6)11(2)21-17(10)18(22)12(3)20-14-8-7-13(24-4)9-15(14)25-5/h7-9,12,20-21H,1-6H3/t12-/m1/s1. The summed E-state index contributed by atoms with van der Waals surface area (Å²) < 4.78 is 15.3. The molecule has 7 heteroatoms. The van der Waals surface area contributed by atoms with Gasteiger partial charge in [0.05, 0.1) is 44.3 Å². The van der Waals surface area contributed by atoms with E-state index in [4.69, 9.17) is 14.2 Å². The van der Waals surface area contributed by atoms with E-state index in [0.717, 1.165) is 0 Å². The van der Waals surface area contributed by atoms with Crippen LogP contribution in [0.1, 0.15) is 39.0 Å². The number of aromatic amines is 1. The number of aromatic nitrogens is 1. The molecule has 0 fully saturated rings. The summed E-state index contributed by atoms with van der Waals surface area (Å²) in [7, 11) is 4.44. The first kappa shape index (κ1) is 19.4. The zero-order valence-corrected chi connectivity index (χ0v) is 15.9. The summed E-state index contributed by atoms with van der Waals surface area (Å²) in [6.45, 7) is 5.21. The topological polar surface area (TPSA) is 89.7 Å². The smallest absolute Gasteiger partial charge is 0.339 e. The Labute approximate surface area is 152 Å². The fourth-order valence-electron chi connectivity index (χ4n) is 2.84. The fourth-order valence-corrected chi connectivity index (χ4v) is 2.84. The van der Waals surface area contributed by atoms with Gasteiger partial charge < -0.3 is 24.5 Å². The number of ether oxygens (including phenoxy) is 3. The highest BCUT2D eigenvalue weighted by atomic mass is 16.5.